The van der Waals surface area contributed by atoms with Crippen molar-refractivity contribution in [1.82, 2.24) is 20.1 Å². The van der Waals surface area contributed by atoms with Gasteiger partial charge in [0.05, 0.1) is 7.11 Å². The van der Waals surface area contributed by atoms with E-state index in [0.717, 1.165) is 16.9 Å². The Labute approximate surface area is 172 Å². The second-order valence-electron chi connectivity index (χ2n) is 6.39. The topological polar surface area (TPSA) is 90.4 Å². The molecule has 1 aromatic heterocycles. The first-order valence-corrected chi connectivity index (χ1v) is 9.50. The number of hydrogen-bond acceptors (Lipinski definition) is 6. The first kappa shape index (κ1) is 19.0. The van der Waals surface area contributed by atoms with Crippen LogP contribution in [0.25, 0.3) is 11.4 Å². The highest BCUT2D eigenvalue weighted by Gasteiger charge is 2.17. The number of H-pyrrole nitrogens is 1. The lowest BCUT2D eigenvalue weighted by Gasteiger charge is -2.21. The molecule has 4 rings (SSSR count). The van der Waals surface area contributed by atoms with Crippen molar-refractivity contribution < 1.29 is 19.0 Å². The van der Waals surface area contributed by atoms with Crippen LogP contribution >= 0.6 is 12.2 Å². The molecule has 0 radical (unpaired) electrons. The Balaban J connectivity index is 1.47. The number of fused-ring (bicyclic) bond motifs is 1. The molecular formula is C20H20N4O4S. The van der Waals surface area contributed by atoms with Gasteiger partial charge in [-0.05, 0) is 42.5 Å². The molecule has 29 heavy (non-hydrogen) atoms. The van der Waals surface area contributed by atoms with Crippen molar-refractivity contribution in [3.05, 3.63) is 52.8 Å². The molecule has 1 amide bonds. The van der Waals surface area contributed by atoms with Gasteiger partial charge in [0, 0.05) is 17.7 Å². The van der Waals surface area contributed by atoms with Gasteiger partial charge in [-0.3, -0.25) is 14.5 Å². The molecule has 0 saturated carbocycles. The van der Waals surface area contributed by atoms with Gasteiger partial charge < -0.3 is 19.5 Å². The van der Waals surface area contributed by atoms with E-state index in [1.165, 1.54) is 0 Å². The third-order valence-electron chi connectivity index (χ3n) is 4.53. The maximum Gasteiger partial charge on any atom is 0.240 e. The van der Waals surface area contributed by atoms with E-state index in [9.17, 15) is 4.79 Å². The van der Waals surface area contributed by atoms with Crippen molar-refractivity contribution in [3.8, 4) is 28.6 Å². The fraction of sp³-hybridized carbons (Fsp3) is 0.250. The van der Waals surface area contributed by atoms with E-state index in [1.807, 2.05) is 42.5 Å². The average molecular weight is 412 g/mol. The number of aromatic amines is 1. The van der Waals surface area contributed by atoms with E-state index in [-0.39, 0.29) is 12.5 Å². The lowest BCUT2D eigenvalue weighted by atomic mass is 10.1. The zero-order valence-electron chi connectivity index (χ0n) is 15.8. The Morgan fingerprint density at radius 2 is 2.03 bits per heavy atom. The van der Waals surface area contributed by atoms with Crippen molar-refractivity contribution in [2.45, 2.75) is 13.1 Å². The summed E-state index contributed by atoms with van der Waals surface area (Å²) < 4.78 is 18.5. The van der Waals surface area contributed by atoms with Gasteiger partial charge in [-0.15, -0.1) is 0 Å². The molecule has 9 heteroatoms. The molecule has 1 aliphatic heterocycles. The van der Waals surface area contributed by atoms with Crippen LogP contribution in [-0.2, 0) is 17.9 Å². The summed E-state index contributed by atoms with van der Waals surface area (Å²) in [5, 5.41) is 9.92. The molecule has 2 N–H and O–H groups in total. The van der Waals surface area contributed by atoms with Gasteiger partial charge in [-0.25, -0.2) is 0 Å². The lowest BCUT2D eigenvalue weighted by molar-refractivity contribution is -0.121. The Kier molecular flexibility index (Phi) is 5.48. The highest BCUT2D eigenvalue weighted by Crippen LogP contribution is 2.33. The largest absolute Gasteiger partial charge is 0.497 e. The Morgan fingerprint density at radius 1 is 1.24 bits per heavy atom. The quantitative estimate of drug-likeness (QED) is 0.605. The Morgan fingerprint density at radius 3 is 2.83 bits per heavy atom. The fourth-order valence-electron chi connectivity index (χ4n) is 3.09. The Bertz CT molecular complexity index is 1070. The van der Waals surface area contributed by atoms with Crippen LogP contribution in [0, 0.1) is 4.77 Å². The van der Waals surface area contributed by atoms with E-state index < -0.39 is 0 Å². The number of amides is 1. The number of carbonyl (C=O) groups excluding carboxylic acids is 1. The number of aromatic nitrogens is 3. The molecular weight excluding hydrogens is 392 g/mol. The predicted octanol–water partition coefficient (Wildman–Crippen LogP) is 2.70. The lowest BCUT2D eigenvalue weighted by Crippen LogP contribution is -2.28. The smallest absolute Gasteiger partial charge is 0.240 e. The molecule has 150 valence electrons. The summed E-state index contributed by atoms with van der Waals surface area (Å²) in [5.74, 6) is 2.51. The SMILES string of the molecule is COc1ccc(-c2n[nH]c(=S)n2CC(=O)NCc2cccc3c2OCCO3)cc1. The van der Waals surface area contributed by atoms with Crippen molar-refractivity contribution >= 4 is 18.1 Å². The number of ether oxygens (including phenoxy) is 3. The van der Waals surface area contributed by atoms with Gasteiger partial charge >= 0.3 is 0 Å². The highest BCUT2D eigenvalue weighted by atomic mass is 32.1. The van der Waals surface area contributed by atoms with E-state index in [1.54, 1.807) is 11.7 Å². The van der Waals surface area contributed by atoms with Crippen LogP contribution in [0.5, 0.6) is 17.2 Å². The van der Waals surface area contributed by atoms with E-state index in [4.69, 9.17) is 26.4 Å². The van der Waals surface area contributed by atoms with Gasteiger partial charge in [0.1, 0.15) is 25.5 Å². The summed E-state index contributed by atoms with van der Waals surface area (Å²) in [6.45, 7) is 1.39. The molecule has 1 aliphatic rings. The molecule has 0 fully saturated rings. The first-order valence-electron chi connectivity index (χ1n) is 9.09. The number of nitrogens with one attached hydrogen (secondary N) is 2. The summed E-state index contributed by atoms with van der Waals surface area (Å²) in [7, 11) is 1.61. The minimum Gasteiger partial charge on any atom is -0.497 e. The number of hydrogen-bond donors (Lipinski definition) is 2. The summed E-state index contributed by atoms with van der Waals surface area (Å²) in [6.07, 6.45) is 0. The van der Waals surface area contributed by atoms with Gasteiger partial charge in [0.25, 0.3) is 0 Å². The predicted molar refractivity (Wildman–Crippen MR) is 109 cm³/mol. The maximum atomic E-state index is 12.6. The Hall–Kier alpha value is -3.33. The second kappa shape index (κ2) is 8.36. The molecule has 2 aromatic carbocycles. The van der Waals surface area contributed by atoms with Crippen LogP contribution in [0.3, 0.4) is 0 Å². The number of benzene rings is 2. The van der Waals surface area contributed by atoms with Crippen molar-refractivity contribution in [2.24, 2.45) is 0 Å². The van der Waals surface area contributed by atoms with Crippen LogP contribution < -0.4 is 19.5 Å². The maximum absolute atomic E-state index is 12.6. The van der Waals surface area contributed by atoms with Gasteiger partial charge in [0.2, 0.25) is 5.91 Å². The van der Waals surface area contributed by atoms with Crippen molar-refractivity contribution in [1.29, 1.82) is 0 Å². The molecule has 0 aliphatic carbocycles. The number of nitrogens with zero attached hydrogens (tertiary/aromatic N) is 2. The van der Waals surface area contributed by atoms with Crippen LogP contribution in [0.1, 0.15) is 5.56 Å². The summed E-state index contributed by atoms with van der Waals surface area (Å²) in [5.41, 5.74) is 1.69. The minimum absolute atomic E-state index is 0.0447. The fourth-order valence-corrected chi connectivity index (χ4v) is 3.29. The molecule has 0 bridgehead atoms. The standard InChI is InChI=1S/C20H20N4O4S/c1-26-15-7-5-13(6-8-15)19-22-23-20(29)24(19)12-17(25)21-11-14-3-2-4-16-18(14)28-10-9-27-16/h2-8H,9-12H2,1H3,(H,21,25)(H,23,29). The summed E-state index contributed by atoms with van der Waals surface area (Å²) in [4.78, 5) is 12.6. The molecule has 0 unspecified atom stereocenters. The normalized spacial score (nSPS) is 12.4. The molecule has 3 aromatic rings. The first-order chi connectivity index (χ1) is 14.2. The van der Waals surface area contributed by atoms with Crippen LogP contribution in [-0.4, -0.2) is 41.0 Å². The van der Waals surface area contributed by atoms with Crippen LogP contribution in [0.2, 0.25) is 0 Å². The number of para-hydroxylation sites is 1. The minimum atomic E-state index is -0.188. The van der Waals surface area contributed by atoms with E-state index in [0.29, 0.717) is 41.9 Å². The third-order valence-corrected chi connectivity index (χ3v) is 4.84. The second-order valence-corrected chi connectivity index (χ2v) is 6.77. The molecule has 8 nitrogen and oxygen atoms in total. The summed E-state index contributed by atoms with van der Waals surface area (Å²) >= 11 is 5.30. The zero-order chi connectivity index (χ0) is 20.2. The van der Waals surface area contributed by atoms with Gasteiger partial charge in [-0.1, -0.05) is 12.1 Å². The van der Waals surface area contributed by atoms with E-state index in [2.05, 4.69) is 15.5 Å². The zero-order valence-corrected chi connectivity index (χ0v) is 16.6. The van der Waals surface area contributed by atoms with Crippen LogP contribution in [0.4, 0.5) is 0 Å². The van der Waals surface area contributed by atoms with Gasteiger partial charge in [-0.2, -0.15) is 5.10 Å². The average Bonchev–Trinajstić information content (AvgIpc) is 3.12. The van der Waals surface area contributed by atoms with Crippen molar-refractivity contribution in [3.63, 3.8) is 0 Å². The monoisotopic (exact) mass is 412 g/mol. The van der Waals surface area contributed by atoms with E-state index >= 15 is 0 Å². The molecule has 2 heterocycles. The molecule has 0 saturated heterocycles. The van der Waals surface area contributed by atoms with Gasteiger partial charge in [0.15, 0.2) is 22.1 Å². The number of rotatable bonds is 6. The number of methoxy groups -OCH3 is 1. The molecule has 0 spiro atoms. The highest BCUT2D eigenvalue weighted by molar-refractivity contribution is 7.71. The molecule has 0 atom stereocenters. The van der Waals surface area contributed by atoms with Crippen LogP contribution in [0.15, 0.2) is 42.5 Å². The summed E-state index contributed by atoms with van der Waals surface area (Å²) in [6, 6.07) is 13.0. The third kappa shape index (κ3) is 4.09. The number of carbonyl (C=O) groups is 1. The van der Waals surface area contributed by atoms with Crippen molar-refractivity contribution in [2.75, 3.05) is 20.3 Å².